The highest BCUT2D eigenvalue weighted by Crippen LogP contribution is 2.30. The summed E-state index contributed by atoms with van der Waals surface area (Å²) in [6.45, 7) is 10.3. The lowest BCUT2D eigenvalue weighted by Gasteiger charge is -2.35. The summed E-state index contributed by atoms with van der Waals surface area (Å²) in [6, 6.07) is 17.0. The molecule has 56 heavy (non-hydrogen) atoms. The molecule has 1 aliphatic carbocycles. The standard InChI is InChI=1S/C42H53N5O8S/c1-25(47(7)40(54)55-41(2,3)4)35(48)46-34(42(5,6)56-8)38(51)45-33(37(50)44-32-15-11-13-27-12-9-10-14-31(27)32)24-26-16-22-30(23-17-26)43-36(49)28-18-20-29(21-19-28)39(52)53/h9-10,12,14,16-23,25,32-34H,11,13,15,24H2,1-8H3,(H,43,49)(H,44,50)(H,45,51)(H,46,48)(H,52,53)/t25-,32+,33-,34+/m0/s1. The van der Waals surface area contributed by atoms with Gasteiger partial charge in [0.1, 0.15) is 23.7 Å². The number of amides is 5. The van der Waals surface area contributed by atoms with E-state index in [1.54, 1.807) is 52.0 Å². The van der Waals surface area contributed by atoms with Crippen LogP contribution in [-0.4, -0.2) is 87.5 Å². The zero-order chi connectivity index (χ0) is 41.4. The van der Waals surface area contributed by atoms with Gasteiger partial charge in [-0.15, -0.1) is 0 Å². The highest BCUT2D eigenvalue weighted by Gasteiger charge is 2.40. The predicted octanol–water partition coefficient (Wildman–Crippen LogP) is 5.74. The summed E-state index contributed by atoms with van der Waals surface area (Å²) in [7, 11) is 1.45. The first kappa shape index (κ1) is 43.4. The largest absolute Gasteiger partial charge is 0.478 e. The van der Waals surface area contributed by atoms with Gasteiger partial charge in [0.2, 0.25) is 17.7 Å². The second-order valence-corrected chi connectivity index (χ2v) is 16.9. The monoisotopic (exact) mass is 787 g/mol. The van der Waals surface area contributed by atoms with Crippen LogP contribution in [0.3, 0.4) is 0 Å². The Bertz CT molecular complexity index is 1910. The van der Waals surface area contributed by atoms with E-state index in [0.29, 0.717) is 11.3 Å². The SMILES string of the molecule is CSC(C)(C)[C@H](NC(=O)[C@H](C)N(C)C(=O)OC(C)(C)C)C(=O)N[C@@H](Cc1ccc(NC(=O)c2ccc(C(=O)O)cc2)cc1)C(=O)N[C@@H]1CCCc2ccccc21. The molecule has 0 aromatic heterocycles. The average molecular weight is 788 g/mol. The molecule has 0 bridgehead atoms. The number of carboxylic acids is 1. The van der Waals surface area contributed by atoms with Gasteiger partial charge in [0.05, 0.1) is 11.6 Å². The molecule has 4 rings (SSSR count). The van der Waals surface area contributed by atoms with Crippen molar-refractivity contribution in [2.24, 2.45) is 0 Å². The fourth-order valence-corrected chi connectivity index (χ4v) is 6.57. The second kappa shape index (κ2) is 18.5. The Kier molecular flexibility index (Phi) is 14.3. The Labute approximate surface area is 332 Å². The molecule has 0 saturated heterocycles. The van der Waals surface area contributed by atoms with Crippen molar-refractivity contribution in [3.05, 3.63) is 101 Å². The number of anilines is 1. The molecule has 1 aliphatic rings. The number of aryl methyl sites for hydroxylation is 1. The number of ether oxygens (including phenoxy) is 1. The topological polar surface area (TPSA) is 183 Å². The number of nitrogens with one attached hydrogen (secondary N) is 4. The number of fused-ring (bicyclic) bond motifs is 1. The molecule has 13 nitrogen and oxygen atoms in total. The maximum absolute atomic E-state index is 14.3. The fourth-order valence-electron chi connectivity index (χ4n) is 6.17. The summed E-state index contributed by atoms with van der Waals surface area (Å²) in [6.07, 6.45) is 3.76. The summed E-state index contributed by atoms with van der Waals surface area (Å²) < 4.78 is 4.60. The van der Waals surface area contributed by atoms with Crippen molar-refractivity contribution < 1.29 is 38.6 Å². The third-order valence-corrected chi connectivity index (χ3v) is 11.1. The Balaban J connectivity index is 1.56. The van der Waals surface area contributed by atoms with E-state index in [-0.39, 0.29) is 23.6 Å². The van der Waals surface area contributed by atoms with Gasteiger partial charge in [-0.25, -0.2) is 9.59 Å². The zero-order valence-electron chi connectivity index (χ0n) is 33.2. The number of carbonyl (C=O) groups excluding carboxylic acids is 5. The summed E-state index contributed by atoms with van der Waals surface area (Å²) in [5.74, 6) is -3.07. The molecule has 0 radical (unpaired) electrons. The van der Waals surface area contributed by atoms with Gasteiger partial charge < -0.3 is 31.1 Å². The molecule has 0 aliphatic heterocycles. The fraction of sp³-hybridized carbons (Fsp3) is 0.429. The molecule has 5 N–H and O–H groups in total. The molecule has 3 aromatic rings. The molecule has 3 aromatic carbocycles. The molecule has 4 atom stereocenters. The minimum absolute atomic E-state index is 0.0651. The minimum Gasteiger partial charge on any atom is -0.478 e. The Morgan fingerprint density at radius 2 is 1.48 bits per heavy atom. The van der Waals surface area contributed by atoms with Gasteiger partial charge in [-0.1, -0.05) is 36.4 Å². The summed E-state index contributed by atoms with van der Waals surface area (Å²) in [5, 5.41) is 20.9. The van der Waals surface area contributed by atoms with Crippen LogP contribution < -0.4 is 21.3 Å². The number of carbonyl (C=O) groups is 6. The van der Waals surface area contributed by atoms with E-state index in [9.17, 15) is 28.8 Å². The van der Waals surface area contributed by atoms with E-state index in [4.69, 9.17) is 9.84 Å². The van der Waals surface area contributed by atoms with Crippen LogP contribution in [0.4, 0.5) is 10.5 Å². The van der Waals surface area contributed by atoms with Crippen LogP contribution >= 0.6 is 11.8 Å². The van der Waals surface area contributed by atoms with E-state index in [0.717, 1.165) is 30.4 Å². The third-order valence-electron chi connectivity index (χ3n) is 9.78. The highest BCUT2D eigenvalue weighted by molar-refractivity contribution is 8.00. The molecule has 300 valence electrons. The van der Waals surface area contributed by atoms with Crippen LogP contribution in [0.1, 0.15) is 97.8 Å². The lowest BCUT2D eigenvalue weighted by atomic mass is 9.87. The molecular weight excluding hydrogens is 735 g/mol. The third kappa shape index (κ3) is 11.6. The zero-order valence-corrected chi connectivity index (χ0v) is 34.0. The molecule has 0 spiro atoms. The van der Waals surface area contributed by atoms with Crippen molar-refractivity contribution in [2.45, 2.75) is 102 Å². The van der Waals surface area contributed by atoms with Crippen molar-refractivity contribution in [1.82, 2.24) is 20.9 Å². The first-order chi connectivity index (χ1) is 26.3. The normalized spacial score (nSPS) is 15.5. The Morgan fingerprint density at radius 3 is 2.09 bits per heavy atom. The van der Waals surface area contributed by atoms with Crippen molar-refractivity contribution >= 4 is 53.1 Å². The number of nitrogens with zero attached hydrogens (tertiary/aromatic N) is 1. The van der Waals surface area contributed by atoms with Crippen LogP contribution in [0.2, 0.25) is 0 Å². The number of hydrogen-bond donors (Lipinski definition) is 5. The van der Waals surface area contributed by atoms with E-state index in [2.05, 4.69) is 27.3 Å². The Morgan fingerprint density at radius 1 is 0.857 bits per heavy atom. The van der Waals surface area contributed by atoms with E-state index in [1.165, 1.54) is 48.0 Å². The number of carboxylic acid groups (broad SMARTS) is 1. The highest BCUT2D eigenvalue weighted by atomic mass is 32.2. The number of benzene rings is 3. The van der Waals surface area contributed by atoms with E-state index in [1.807, 2.05) is 38.3 Å². The molecular formula is C42H53N5O8S. The number of hydrogen-bond acceptors (Lipinski definition) is 8. The molecule has 5 amide bonds. The van der Waals surface area contributed by atoms with Crippen molar-refractivity contribution in [2.75, 3.05) is 18.6 Å². The van der Waals surface area contributed by atoms with E-state index >= 15 is 0 Å². The van der Waals surface area contributed by atoms with Gasteiger partial charge in [0.25, 0.3) is 5.91 Å². The van der Waals surface area contributed by atoms with E-state index < -0.39 is 64.2 Å². The average Bonchev–Trinajstić information content (AvgIpc) is 3.15. The van der Waals surface area contributed by atoms with Gasteiger partial charge in [-0.3, -0.25) is 24.1 Å². The van der Waals surface area contributed by atoms with Crippen LogP contribution in [-0.2, 0) is 32.0 Å². The lowest BCUT2D eigenvalue weighted by Crippen LogP contribution is -2.62. The first-order valence-electron chi connectivity index (χ1n) is 18.5. The van der Waals surface area contributed by atoms with Crippen LogP contribution in [0.25, 0.3) is 0 Å². The summed E-state index contributed by atoms with van der Waals surface area (Å²) in [5.41, 5.74) is 2.93. The molecule has 0 heterocycles. The van der Waals surface area contributed by atoms with Crippen LogP contribution in [0, 0.1) is 0 Å². The lowest BCUT2D eigenvalue weighted by molar-refractivity contribution is -0.134. The van der Waals surface area contributed by atoms with Crippen molar-refractivity contribution in [1.29, 1.82) is 0 Å². The molecule has 0 unspecified atom stereocenters. The predicted molar refractivity (Wildman–Crippen MR) is 217 cm³/mol. The quantitative estimate of drug-likeness (QED) is 0.136. The molecule has 0 saturated carbocycles. The van der Waals surface area contributed by atoms with Crippen LogP contribution in [0.5, 0.6) is 0 Å². The number of thioether (sulfide) groups is 1. The Hall–Kier alpha value is -5.37. The van der Waals surface area contributed by atoms with Gasteiger partial charge in [0, 0.05) is 29.5 Å². The molecule has 14 heteroatoms. The first-order valence-corrected chi connectivity index (χ1v) is 19.8. The maximum atomic E-state index is 14.3. The van der Waals surface area contributed by atoms with Gasteiger partial charge in [0.15, 0.2) is 0 Å². The second-order valence-electron chi connectivity index (χ2n) is 15.5. The number of rotatable bonds is 14. The van der Waals surface area contributed by atoms with Crippen molar-refractivity contribution in [3.8, 4) is 0 Å². The molecule has 0 fully saturated rings. The summed E-state index contributed by atoms with van der Waals surface area (Å²) >= 11 is 1.36. The number of likely N-dealkylation sites (N-methyl/N-ethyl adjacent to an activating group) is 1. The van der Waals surface area contributed by atoms with Crippen molar-refractivity contribution in [3.63, 3.8) is 0 Å². The van der Waals surface area contributed by atoms with Gasteiger partial charge in [-0.2, -0.15) is 11.8 Å². The number of aromatic carboxylic acids is 1. The van der Waals surface area contributed by atoms with Crippen LogP contribution in [0.15, 0.2) is 72.8 Å². The van der Waals surface area contributed by atoms with Gasteiger partial charge in [-0.05, 0) is 120 Å². The maximum Gasteiger partial charge on any atom is 0.410 e. The smallest absolute Gasteiger partial charge is 0.410 e. The minimum atomic E-state index is -1.10. The summed E-state index contributed by atoms with van der Waals surface area (Å²) in [4.78, 5) is 79.9. The van der Waals surface area contributed by atoms with Gasteiger partial charge >= 0.3 is 12.1 Å².